The summed E-state index contributed by atoms with van der Waals surface area (Å²) in [7, 11) is 0. The van der Waals surface area contributed by atoms with E-state index in [-0.39, 0.29) is 23.0 Å². The lowest BCUT2D eigenvalue weighted by atomic mass is 10.1. The third kappa shape index (κ3) is 5.93. The van der Waals surface area contributed by atoms with Gasteiger partial charge in [0.25, 0.3) is 5.91 Å². The number of carbonyl (C=O) groups is 1. The van der Waals surface area contributed by atoms with Crippen LogP contribution in [0.3, 0.4) is 0 Å². The quantitative estimate of drug-likeness (QED) is 0.531. The van der Waals surface area contributed by atoms with Crippen LogP contribution in [0.15, 0.2) is 42.5 Å². The molecule has 2 aromatic carbocycles. The van der Waals surface area contributed by atoms with E-state index in [1.54, 1.807) is 0 Å². The van der Waals surface area contributed by atoms with E-state index < -0.39 is 29.4 Å². The lowest BCUT2D eigenvalue weighted by Crippen LogP contribution is -2.34. The summed E-state index contributed by atoms with van der Waals surface area (Å²) in [5.74, 6) is -0.936. The van der Waals surface area contributed by atoms with Gasteiger partial charge in [0, 0.05) is 29.5 Å². The van der Waals surface area contributed by atoms with Crippen molar-refractivity contribution >= 4 is 17.3 Å². The van der Waals surface area contributed by atoms with E-state index in [1.807, 2.05) is 6.92 Å². The Bertz CT molecular complexity index is 957. The Morgan fingerprint density at radius 1 is 1.00 bits per heavy atom. The van der Waals surface area contributed by atoms with Crippen molar-refractivity contribution in [1.82, 2.24) is 4.90 Å². The van der Waals surface area contributed by atoms with Crippen molar-refractivity contribution < 1.29 is 31.1 Å². The molecule has 1 atom stereocenters. The summed E-state index contributed by atoms with van der Waals surface area (Å²) in [5, 5.41) is 5.23. The molecule has 0 spiro atoms. The Morgan fingerprint density at radius 3 is 2.34 bits per heavy atom. The van der Waals surface area contributed by atoms with Crippen molar-refractivity contribution in [3.8, 4) is 0 Å². The Balaban J connectivity index is 1.82. The maximum absolute atomic E-state index is 13.4. The first-order valence-corrected chi connectivity index (χ1v) is 10.2. The van der Waals surface area contributed by atoms with Crippen molar-refractivity contribution in [3.63, 3.8) is 0 Å². The molecule has 32 heavy (non-hydrogen) atoms. The van der Waals surface area contributed by atoms with Gasteiger partial charge in [0.2, 0.25) is 0 Å². The highest BCUT2D eigenvalue weighted by Crippen LogP contribution is 2.33. The molecule has 3 rings (SSSR count). The number of anilines is 2. The highest BCUT2D eigenvalue weighted by molar-refractivity contribution is 6.05. The lowest BCUT2D eigenvalue weighted by Gasteiger charge is -2.23. The largest absolute Gasteiger partial charge is 0.416 e. The van der Waals surface area contributed by atoms with Crippen molar-refractivity contribution in [2.75, 3.05) is 30.3 Å². The molecule has 1 saturated heterocycles. The number of nitrogens with one attached hydrogen (secondary N) is 2. The molecule has 0 bridgehead atoms. The van der Waals surface area contributed by atoms with Crippen molar-refractivity contribution in [2.24, 2.45) is 0 Å². The molecule has 0 unspecified atom stereocenters. The summed E-state index contributed by atoms with van der Waals surface area (Å²) in [6, 6.07) is 6.96. The standard InChI is InChI=1S/C22H23F6N3O/c1-2-31-8-4-7-19(31)13-29-18-10-14(9-16(12-18)22(26,27)28)20(32)30-17-6-3-5-15(11-17)21(23,24)25/h3,5-6,9-12,19,29H,2,4,7-8,13H2,1H3,(H,30,32)/t19-/m0/s1. The molecule has 0 aromatic heterocycles. The van der Waals surface area contributed by atoms with Gasteiger partial charge in [-0.1, -0.05) is 13.0 Å². The van der Waals surface area contributed by atoms with E-state index in [1.165, 1.54) is 12.1 Å². The van der Waals surface area contributed by atoms with Crippen LogP contribution < -0.4 is 10.6 Å². The number of rotatable bonds is 6. The molecule has 0 aliphatic carbocycles. The first-order chi connectivity index (χ1) is 15.0. The molecule has 0 saturated carbocycles. The minimum absolute atomic E-state index is 0.122. The van der Waals surface area contributed by atoms with Gasteiger partial charge in [0.15, 0.2) is 0 Å². The number of carbonyl (C=O) groups excluding carboxylic acids is 1. The Morgan fingerprint density at radius 2 is 1.69 bits per heavy atom. The van der Waals surface area contributed by atoms with E-state index in [2.05, 4.69) is 15.5 Å². The molecular weight excluding hydrogens is 436 g/mol. The molecule has 1 heterocycles. The lowest BCUT2D eigenvalue weighted by molar-refractivity contribution is -0.138. The number of likely N-dealkylation sites (N-methyl/N-ethyl adjacent to an activating group) is 1. The summed E-state index contributed by atoms with van der Waals surface area (Å²) >= 11 is 0. The number of hydrogen-bond donors (Lipinski definition) is 2. The third-order valence-corrected chi connectivity index (χ3v) is 5.42. The second kappa shape index (κ2) is 9.40. The molecule has 1 amide bonds. The monoisotopic (exact) mass is 459 g/mol. The van der Waals surface area contributed by atoms with Crippen LogP contribution in [0.25, 0.3) is 0 Å². The molecule has 2 aromatic rings. The zero-order valence-corrected chi connectivity index (χ0v) is 17.3. The number of nitrogens with zero attached hydrogens (tertiary/aromatic N) is 1. The fourth-order valence-electron chi connectivity index (χ4n) is 3.78. The first kappa shape index (κ1) is 23.9. The Hall–Kier alpha value is -2.75. The van der Waals surface area contributed by atoms with E-state index >= 15 is 0 Å². The van der Waals surface area contributed by atoms with E-state index in [9.17, 15) is 31.1 Å². The van der Waals surface area contributed by atoms with Gasteiger partial charge in [0.1, 0.15) is 0 Å². The van der Waals surface area contributed by atoms with Crippen LogP contribution in [-0.2, 0) is 12.4 Å². The topological polar surface area (TPSA) is 44.4 Å². The summed E-state index contributed by atoms with van der Waals surface area (Å²) in [5.41, 5.74) is -2.34. The third-order valence-electron chi connectivity index (χ3n) is 5.42. The van der Waals surface area contributed by atoms with E-state index in [0.29, 0.717) is 12.6 Å². The fraction of sp³-hybridized carbons (Fsp3) is 0.409. The normalized spacial score (nSPS) is 17.4. The first-order valence-electron chi connectivity index (χ1n) is 10.2. The van der Waals surface area contributed by atoms with Gasteiger partial charge in [-0.3, -0.25) is 9.69 Å². The smallest absolute Gasteiger partial charge is 0.383 e. The molecular formula is C22H23F6N3O. The van der Waals surface area contributed by atoms with Gasteiger partial charge in [-0.25, -0.2) is 0 Å². The SMILES string of the molecule is CCN1CCC[C@H]1CNc1cc(C(=O)Nc2cccc(C(F)(F)F)c2)cc(C(F)(F)F)c1. The highest BCUT2D eigenvalue weighted by atomic mass is 19.4. The number of hydrogen-bond acceptors (Lipinski definition) is 3. The minimum Gasteiger partial charge on any atom is -0.383 e. The van der Waals surface area contributed by atoms with Crippen molar-refractivity contribution in [2.45, 2.75) is 38.2 Å². The Labute approximate surface area is 181 Å². The molecule has 0 radical (unpaired) electrons. The summed E-state index contributed by atoms with van der Waals surface area (Å²) < 4.78 is 78.8. The van der Waals surface area contributed by atoms with Gasteiger partial charge in [-0.15, -0.1) is 0 Å². The summed E-state index contributed by atoms with van der Waals surface area (Å²) in [4.78, 5) is 14.8. The van der Waals surface area contributed by atoms with Crippen LogP contribution in [-0.4, -0.2) is 36.5 Å². The number of amides is 1. The van der Waals surface area contributed by atoms with Gasteiger partial charge in [-0.05, 0) is 62.3 Å². The molecule has 1 aliphatic rings. The van der Waals surface area contributed by atoms with Gasteiger partial charge < -0.3 is 10.6 Å². The van der Waals surface area contributed by atoms with Gasteiger partial charge >= 0.3 is 12.4 Å². The summed E-state index contributed by atoms with van der Waals surface area (Å²) in [6.45, 7) is 4.19. The van der Waals surface area contributed by atoms with Crippen LogP contribution >= 0.6 is 0 Å². The van der Waals surface area contributed by atoms with Crippen LogP contribution in [0.5, 0.6) is 0 Å². The predicted octanol–water partition coefficient (Wildman–Crippen LogP) is 5.87. The molecule has 1 fully saturated rings. The Kier molecular flexibility index (Phi) is 7.02. The number of alkyl halides is 6. The second-order valence-electron chi connectivity index (χ2n) is 7.64. The minimum atomic E-state index is -4.69. The number of benzene rings is 2. The van der Waals surface area contributed by atoms with Crippen molar-refractivity contribution in [3.05, 3.63) is 59.2 Å². The number of likely N-dealkylation sites (tertiary alicyclic amines) is 1. The van der Waals surface area contributed by atoms with Crippen molar-refractivity contribution in [1.29, 1.82) is 0 Å². The molecule has 1 aliphatic heterocycles. The molecule has 4 nitrogen and oxygen atoms in total. The molecule has 174 valence electrons. The number of halogens is 6. The zero-order valence-electron chi connectivity index (χ0n) is 17.3. The van der Waals surface area contributed by atoms with Crippen LogP contribution in [0.2, 0.25) is 0 Å². The van der Waals surface area contributed by atoms with Crippen LogP contribution in [0.4, 0.5) is 37.7 Å². The highest BCUT2D eigenvalue weighted by Gasteiger charge is 2.33. The van der Waals surface area contributed by atoms with Crippen LogP contribution in [0, 0.1) is 0 Å². The van der Waals surface area contributed by atoms with Gasteiger partial charge in [-0.2, -0.15) is 26.3 Å². The van der Waals surface area contributed by atoms with E-state index in [4.69, 9.17) is 0 Å². The predicted molar refractivity (Wildman–Crippen MR) is 110 cm³/mol. The second-order valence-corrected chi connectivity index (χ2v) is 7.64. The van der Waals surface area contributed by atoms with Gasteiger partial charge in [0.05, 0.1) is 11.1 Å². The van der Waals surface area contributed by atoms with Crippen LogP contribution in [0.1, 0.15) is 41.3 Å². The average Bonchev–Trinajstić information content (AvgIpc) is 3.18. The average molecular weight is 459 g/mol. The summed E-state index contributed by atoms with van der Waals surface area (Å²) in [6.07, 6.45) is -7.37. The fourth-order valence-corrected chi connectivity index (χ4v) is 3.78. The maximum atomic E-state index is 13.4. The zero-order chi connectivity index (χ0) is 23.5. The van der Waals surface area contributed by atoms with E-state index in [0.717, 1.165) is 50.2 Å². The molecule has 2 N–H and O–H groups in total. The maximum Gasteiger partial charge on any atom is 0.416 e. The molecule has 10 heteroatoms.